The topological polar surface area (TPSA) is 79.1 Å². The SMILES string of the molecule is COc1cccc(COc2ncn(-c3cc(-c4ccnc(C(C)(C)C)n4)ccc3C)c(=O)c2C)c1. The number of hydrogen-bond acceptors (Lipinski definition) is 6. The monoisotopic (exact) mass is 470 g/mol. The van der Waals surface area contributed by atoms with Crippen molar-refractivity contribution in [1.29, 1.82) is 0 Å². The van der Waals surface area contributed by atoms with Gasteiger partial charge in [-0.05, 0) is 49.2 Å². The minimum atomic E-state index is -0.182. The summed E-state index contributed by atoms with van der Waals surface area (Å²) in [5.74, 6) is 1.83. The molecule has 0 spiro atoms. The molecule has 2 aromatic heterocycles. The van der Waals surface area contributed by atoms with Gasteiger partial charge in [-0.2, -0.15) is 0 Å². The summed E-state index contributed by atoms with van der Waals surface area (Å²) in [6, 6.07) is 15.4. The van der Waals surface area contributed by atoms with Crippen LogP contribution >= 0.6 is 0 Å². The average molecular weight is 471 g/mol. The molecule has 0 amide bonds. The van der Waals surface area contributed by atoms with Crippen LogP contribution in [0.4, 0.5) is 0 Å². The van der Waals surface area contributed by atoms with Gasteiger partial charge in [-0.15, -0.1) is 0 Å². The van der Waals surface area contributed by atoms with E-state index in [9.17, 15) is 4.79 Å². The highest BCUT2D eigenvalue weighted by Gasteiger charge is 2.18. The summed E-state index contributed by atoms with van der Waals surface area (Å²) in [4.78, 5) is 26.9. The molecule has 0 saturated carbocycles. The first kappa shape index (κ1) is 24.1. The molecule has 2 aromatic carbocycles. The Morgan fingerprint density at radius 1 is 1.00 bits per heavy atom. The van der Waals surface area contributed by atoms with Gasteiger partial charge in [0.05, 0.1) is 24.1 Å². The smallest absolute Gasteiger partial charge is 0.264 e. The third-order valence-electron chi connectivity index (χ3n) is 5.75. The van der Waals surface area contributed by atoms with E-state index in [2.05, 4.69) is 30.7 Å². The van der Waals surface area contributed by atoms with Gasteiger partial charge in [-0.25, -0.2) is 15.0 Å². The maximum atomic E-state index is 13.3. The summed E-state index contributed by atoms with van der Waals surface area (Å²) in [5, 5.41) is 0. The average Bonchev–Trinajstić information content (AvgIpc) is 2.85. The van der Waals surface area contributed by atoms with Crippen LogP contribution in [-0.4, -0.2) is 26.6 Å². The van der Waals surface area contributed by atoms with Gasteiger partial charge in [0, 0.05) is 17.2 Å². The van der Waals surface area contributed by atoms with Crippen LogP contribution in [0.1, 0.15) is 43.3 Å². The van der Waals surface area contributed by atoms with Crippen molar-refractivity contribution < 1.29 is 9.47 Å². The fourth-order valence-electron chi connectivity index (χ4n) is 3.67. The Morgan fingerprint density at radius 3 is 2.54 bits per heavy atom. The summed E-state index contributed by atoms with van der Waals surface area (Å²) < 4.78 is 12.7. The highest BCUT2D eigenvalue weighted by atomic mass is 16.5. The van der Waals surface area contributed by atoms with Crippen LogP contribution in [0.5, 0.6) is 11.6 Å². The second-order valence-corrected chi connectivity index (χ2v) is 9.51. The highest BCUT2D eigenvalue weighted by Crippen LogP contribution is 2.26. The van der Waals surface area contributed by atoms with Gasteiger partial charge in [0.1, 0.15) is 24.5 Å². The summed E-state index contributed by atoms with van der Waals surface area (Å²) in [6.07, 6.45) is 3.29. The highest BCUT2D eigenvalue weighted by molar-refractivity contribution is 5.64. The Balaban J connectivity index is 1.65. The van der Waals surface area contributed by atoms with Crippen LogP contribution in [-0.2, 0) is 12.0 Å². The minimum absolute atomic E-state index is 0.164. The minimum Gasteiger partial charge on any atom is -0.497 e. The molecule has 7 nitrogen and oxygen atoms in total. The molecule has 0 radical (unpaired) electrons. The first-order valence-electron chi connectivity index (χ1n) is 11.5. The Bertz CT molecular complexity index is 1420. The molecule has 180 valence electrons. The Morgan fingerprint density at radius 2 is 1.80 bits per heavy atom. The summed E-state index contributed by atoms with van der Waals surface area (Å²) in [6.45, 7) is 10.2. The zero-order valence-electron chi connectivity index (χ0n) is 21.0. The van der Waals surface area contributed by atoms with Gasteiger partial charge in [0.2, 0.25) is 5.88 Å². The normalized spacial score (nSPS) is 11.4. The molecule has 4 rings (SSSR count). The second-order valence-electron chi connectivity index (χ2n) is 9.51. The van der Waals surface area contributed by atoms with E-state index in [1.165, 1.54) is 6.33 Å². The molecular weight excluding hydrogens is 440 g/mol. The van der Waals surface area contributed by atoms with Gasteiger partial charge in [0.25, 0.3) is 5.56 Å². The third kappa shape index (κ3) is 5.24. The lowest BCUT2D eigenvalue weighted by Gasteiger charge is -2.17. The molecule has 35 heavy (non-hydrogen) atoms. The summed E-state index contributed by atoms with van der Waals surface area (Å²) in [5.41, 5.74) is 4.44. The van der Waals surface area contributed by atoms with Gasteiger partial charge in [0.15, 0.2) is 0 Å². The molecule has 0 aliphatic rings. The number of nitrogens with zero attached hydrogens (tertiary/aromatic N) is 4. The number of rotatable bonds is 6. The zero-order chi connectivity index (χ0) is 25.2. The van der Waals surface area contributed by atoms with E-state index in [1.54, 1.807) is 24.8 Å². The fourth-order valence-corrected chi connectivity index (χ4v) is 3.67. The molecule has 7 heteroatoms. The van der Waals surface area contributed by atoms with Crippen LogP contribution in [0.15, 0.2) is 65.8 Å². The Hall–Kier alpha value is -4.00. The van der Waals surface area contributed by atoms with Crippen molar-refractivity contribution in [3.8, 4) is 28.6 Å². The molecule has 2 heterocycles. The lowest BCUT2D eigenvalue weighted by molar-refractivity contribution is 0.289. The van der Waals surface area contributed by atoms with Crippen molar-refractivity contribution in [3.63, 3.8) is 0 Å². The van der Waals surface area contributed by atoms with Crippen molar-refractivity contribution in [1.82, 2.24) is 19.5 Å². The zero-order valence-corrected chi connectivity index (χ0v) is 21.0. The molecule has 0 N–H and O–H groups in total. The van der Waals surface area contributed by atoms with E-state index in [0.717, 1.165) is 39.6 Å². The fraction of sp³-hybridized carbons (Fsp3) is 0.286. The van der Waals surface area contributed by atoms with Crippen molar-refractivity contribution in [2.75, 3.05) is 7.11 Å². The number of methoxy groups -OCH3 is 1. The number of ether oxygens (including phenoxy) is 2. The summed E-state index contributed by atoms with van der Waals surface area (Å²) >= 11 is 0. The van der Waals surface area contributed by atoms with Crippen LogP contribution in [0.25, 0.3) is 16.9 Å². The molecule has 0 aliphatic carbocycles. The van der Waals surface area contributed by atoms with Crippen LogP contribution in [0.3, 0.4) is 0 Å². The van der Waals surface area contributed by atoms with E-state index in [1.807, 2.05) is 55.5 Å². The lowest BCUT2D eigenvalue weighted by Crippen LogP contribution is -2.23. The maximum Gasteiger partial charge on any atom is 0.264 e. The predicted octanol–water partition coefficient (Wildman–Crippen LogP) is 5.19. The molecule has 0 aliphatic heterocycles. The standard InChI is InChI=1S/C28H30N4O3/c1-18-10-11-21(23-12-13-29-27(31-23)28(3,4)5)15-24(18)32-17-30-25(19(2)26(32)33)35-16-20-8-7-9-22(14-20)34-6/h7-15,17H,16H2,1-6H3. The van der Waals surface area contributed by atoms with Gasteiger partial charge in [-0.1, -0.05) is 45.0 Å². The predicted molar refractivity (Wildman–Crippen MR) is 136 cm³/mol. The van der Waals surface area contributed by atoms with Crippen LogP contribution in [0, 0.1) is 13.8 Å². The molecule has 0 fully saturated rings. The summed E-state index contributed by atoms with van der Waals surface area (Å²) in [7, 11) is 1.62. The van der Waals surface area contributed by atoms with E-state index >= 15 is 0 Å². The molecule has 0 saturated heterocycles. The Kier molecular flexibility index (Phi) is 6.69. The van der Waals surface area contributed by atoms with Crippen molar-refractivity contribution in [2.45, 2.75) is 46.6 Å². The first-order chi connectivity index (χ1) is 16.7. The van der Waals surface area contributed by atoms with Gasteiger partial charge >= 0.3 is 0 Å². The number of benzene rings is 2. The first-order valence-corrected chi connectivity index (χ1v) is 11.5. The molecule has 0 atom stereocenters. The van der Waals surface area contributed by atoms with Crippen LogP contribution < -0.4 is 15.0 Å². The molecule has 0 unspecified atom stereocenters. The van der Waals surface area contributed by atoms with Gasteiger partial charge in [-0.3, -0.25) is 9.36 Å². The van der Waals surface area contributed by atoms with Crippen molar-refractivity contribution in [2.24, 2.45) is 0 Å². The second kappa shape index (κ2) is 9.70. The molecule has 4 aromatic rings. The maximum absolute atomic E-state index is 13.3. The molecular formula is C28H30N4O3. The number of aromatic nitrogens is 4. The number of hydrogen-bond donors (Lipinski definition) is 0. The third-order valence-corrected chi connectivity index (χ3v) is 5.75. The van der Waals surface area contributed by atoms with E-state index in [0.29, 0.717) is 11.4 Å². The van der Waals surface area contributed by atoms with E-state index < -0.39 is 0 Å². The number of aryl methyl sites for hydroxylation is 1. The molecule has 0 bridgehead atoms. The van der Waals surface area contributed by atoms with Crippen molar-refractivity contribution in [3.05, 3.63) is 93.9 Å². The van der Waals surface area contributed by atoms with Crippen molar-refractivity contribution >= 4 is 0 Å². The van der Waals surface area contributed by atoms with Gasteiger partial charge < -0.3 is 9.47 Å². The Labute approximate surface area is 205 Å². The van der Waals surface area contributed by atoms with Crippen LogP contribution in [0.2, 0.25) is 0 Å². The van der Waals surface area contributed by atoms with E-state index in [4.69, 9.17) is 14.5 Å². The lowest BCUT2D eigenvalue weighted by atomic mass is 9.95. The van der Waals surface area contributed by atoms with E-state index in [-0.39, 0.29) is 17.6 Å². The largest absolute Gasteiger partial charge is 0.497 e. The quantitative estimate of drug-likeness (QED) is 0.386.